The largest absolute Gasteiger partial charge is 0.458 e. The van der Waals surface area contributed by atoms with E-state index in [9.17, 15) is 0 Å². The highest BCUT2D eigenvalue weighted by Crippen LogP contribution is 2.49. The summed E-state index contributed by atoms with van der Waals surface area (Å²) in [7, 11) is 0. The molecule has 0 unspecified atom stereocenters. The molecule has 6 nitrogen and oxygen atoms in total. The number of benzene rings is 8. The van der Waals surface area contributed by atoms with Gasteiger partial charge in [0.05, 0.1) is 0 Å². The summed E-state index contributed by atoms with van der Waals surface area (Å²) in [6.45, 7) is 33.7. The van der Waals surface area contributed by atoms with Gasteiger partial charge in [-0.2, -0.15) is 0 Å². The molecule has 0 spiro atoms. The third-order valence-electron chi connectivity index (χ3n) is 21.5. The molecule has 6 aliphatic heterocycles. The van der Waals surface area contributed by atoms with E-state index in [-0.39, 0.29) is 41.8 Å². The van der Waals surface area contributed by atoms with Crippen LogP contribution in [0.1, 0.15) is 148 Å². The summed E-state index contributed by atoms with van der Waals surface area (Å²) in [5, 5.41) is 2.32. The molecule has 0 aliphatic carbocycles. The van der Waals surface area contributed by atoms with Gasteiger partial charge in [0.25, 0.3) is 20.1 Å². The molecule has 428 valence electrons. The van der Waals surface area contributed by atoms with Crippen LogP contribution in [0.5, 0.6) is 69.0 Å². The topological polar surface area (TPSA) is 55.4 Å². The predicted octanol–water partition coefficient (Wildman–Crippen LogP) is 15.6. The van der Waals surface area contributed by atoms with E-state index in [0.29, 0.717) is 0 Å². The van der Waals surface area contributed by atoms with Gasteiger partial charge in [0.15, 0.2) is 0 Å². The van der Waals surface area contributed by atoms with Crippen LogP contribution in [-0.2, 0) is 21.7 Å². The SMILES string of the molecule is CCC(C)(C)c1cc2c3c(c1)Oc1cc4c(cc1B3c1cc3c(cc1O2)Oc1cc(-c2c(C)cc(C)cc2C)cc2c1B3c1sc3ccc(C(C)(C)CC)cc3c1O2)B1c2sc3ccc(C(C)(C)CC)cc3c2Oc2cc(C(C)(C)CC)cc(c21)O4. The predicted molar refractivity (Wildman–Crippen MR) is 363 cm³/mol. The van der Waals surface area contributed by atoms with Gasteiger partial charge >= 0.3 is 0 Å². The molecule has 2 aromatic heterocycles. The normalized spacial score (nSPS) is 14.7. The average molecular weight is 1160 g/mol. The van der Waals surface area contributed by atoms with Crippen LogP contribution in [0, 0.1) is 20.8 Å². The summed E-state index contributed by atoms with van der Waals surface area (Å²) in [6.07, 6.45) is 3.97. The molecule has 0 atom stereocenters. The van der Waals surface area contributed by atoms with Crippen LogP contribution >= 0.6 is 22.7 Å². The van der Waals surface area contributed by atoms with Crippen molar-refractivity contribution in [3.63, 3.8) is 0 Å². The lowest BCUT2D eigenvalue weighted by molar-refractivity contribution is 0.440. The zero-order valence-electron chi connectivity index (χ0n) is 52.2. The molecule has 0 amide bonds. The zero-order valence-corrected chi connectivity index (χ0v) is 53.9. The quantitative estimate of drug-likeness (QED) is 0.134. The Bertz CT molecular complexity index is 4650. The number of hydrogen-bond acceptors (Lipinski definition) is 8. The molecule has 0 saturated carbocycles. The van der Waals surface area contributed by atoms with Gasteiger partial charge < -0.3 is 28.4 Å². The first-order chi connectivity index (χ1) is 41.1. The first-order valence-corrected chi connectivity index (χ1v) is 32.9. The average Bonchev–Trinajstić information content (AvgIpc) is 1.11. The Morgan fingerprint density at radius 2 is 0.686 bits per heavy atom. The molecule has 0 fully saturated rings. The first-order valence-electron chi connectivity index (χ1n) is 31.3. The van der Waals surface area contributed by atoms with Crippen LogP contribution < -0.4 is 76.2 Å². The first kappa shape index (κ1) is 54.1. The van der Waals surface area contributed by atoms with Crippen LogP contribution in [-0.4, -0.2) is 20.1 Å². The van der Waals surface area contributed by atoms with Gasteiger partial charge in [-0.1, -0.05) is 125 Å². The molecule has 8 heterocycles. The van der Waals surface area contributed by atoms with Gasteiger partial charge in [0, 0.05) is 58.2 Å². The fourth-order valence-electron chi connectivity index (χ4n) is 14.6. The number of aryl methyl sites for hydroxylation is 3. The van der Waals surface area contributed by atoms with E-state index >= 15 is 0 Å². The Hall–Kier alpha value is -7.33. The Morgan fingerprint density at radius 3 is 1.08 bits per heavy atom. The van der Waals surface area contributed by atoms with Gasteiger partial charge in [0.1, 0.15) is 69.0 Å². The number of rotatable bonds is 9. The van der Waals surface area contributed by atoms with E-state index in [1.165, 1.54) is 68.8 Å². The third-order valence-corrected chi connectivity index (χ3v) is 23.9. The third kappa shape index (κ3) is 7.71. The second-order valence-corrected chi connectivity index (χ2v) is 30.3. The molecule has 86 heavy (non-hydrogen) atoms. The highest BCUT2D eigenvalue weighted by Gasteiger charge is 2.50. The van der Waals surface area contributed by atoms with Crippen molar-refractivity contribution in [2.24, 2.45) is 0 Å². The Morgan fingerprint density at radius 1 is 0.349 bits per heavy atom. The summed E-state index contributed by atoms with van der Waals surface area (Å²) in [4.78, 5) is 0. The van der Waals surface area contributed by atoms with Crippen molar-refractivity contribution in [1.82, 2.24) is 0 Å². The zero-order chi connectivity index (χ0) is 59.6. The molecule has 0 bridgehead atoms. The van der Waals surface area contributed by atoms with E-state index in [1.807, 2.05) is 22.7 Å². The van der Waals surface area contributed by atoms with E-state index in [2.05, 4.69) is 213 Å². The van der Waals surface area contributed by atoms with Crippen molar-refractivity contribution < 1.29 is 28.4 Å². The summed E-state index contributed by atoms with van der Waals surface area (Å²) in [5.74, 6) is 10.1. The van der Waals surface area contributed by atoms with Gasteiger partial charge in [-0.05, 0) is 195 Å². The number of fused-ring (bicyclic) bond motifs is 16. The maximum Gasteiger partial charge on any atom is 0.273 e. The van der Waals surface area contributed by atoms with Crippen LogP contribution in [0.3, 0.4) is 0 Å². The molecular weight excluding hydrogens is 1090 g/mol. The van der Waals surface area contributed by atoms with Crippen molar-refractivity contribution in [2.75, 3.05) is 0 Å². The smallest absolute Gasteiger partial charge is 0.273 e. The maximum absolute atomic E-state index is 7.36. The fourth-order valence-corrected chi connectivity index (χ4v) is 17.1. The second kappa shape index (κ2) is 18.4. The van der Waals surface area contributed by atoms with Crippen LogP contribution in [0.25, 0.3) is 31.3 Å². The minimum Gasteiger partial charge on any atom is -0.458 e. The van der Waals surface area contributed by atoms with E-state index in [4.69, 9.17) is 28.4 Å². The minimum atomic E-state index is -0.257. The maximum atomic E-state index is 7.36. The van der Waals surface area contributed by atoms with Crippen molar-refractivity contribution >= 4 is 111 Å². The molecule has 11 heteroatoms. The van der Waals surface area contributed by atoms with Crippen molar-refractivity contribution in [3.8, 4) is 80.1 Å². The number of hydrogen-bond donors (Lipinski definition) is 0. The lowest BCUT2D eigenvalue weighted by atomic mass is 9.31. The molecule has 6 aliphatic rings. The van der Waals surface area contributed by atoms with Gasteiger partial charge in [0.2, 0.25) is 0 Å². The number of ether oxygens (including phenoxy) is 6. The summed E-state index contributed by atoms with van der Waals surface area (Å²) >= 11 is 3.69. The van der Waals surface area contributed by atoms with Gasteiger partial charge in [-0.15, -0.1) is 22.7 Å². The highest BCUT2D eigenvalue weighted by atomic mass is 32.1. The second-order valence-electron chi connectivity index (χ2n) is 28.2. The summed E-state index contributed by atoms with van der Waals surface area (Å²) in [6, 6.07) is 41.5. The van der Waals surface area contributed by atoms with Gasteiger partial charge in [-0.3, -0.25) is 0 Å². The standard InChI is InChI=1S/C75H71B3O6S2/c1-16-72(8,9)42-20-22-62-46(28-42)68-70(85-62)77-50-34-48-52(36-54(50)79-56-26-41(27-57(83-68)66(56)77)64-39(6)24-38(5)25-40(64)7)80-58-30-44(74(12,13)18-3)31-59-65(58)76(48)49-35-51-55(37-53(49)81-59)82-60-32-45(75(14,15)19-4)33-61-67(60)78(51)71-69(84-61)47-29-43(73(10,11)17-2)21-23-63(47)86-71/h20-37H,16-19H2,1-15H3. The molecule has 0 N–H and O–H groups in total. The lowest BCUT2D eigenvalue weighted by Crippen LogP contribution is -2.62. The fraction of sp³-hybridized carbons (Fsp3) is 0.307. The lowest BCUT2D eigenvalue weighted by Gasteiger charge is -2.38. The Kier molecular flexibility index (Phi) is 11.6. The van der Waals surface area contributed by atoms with Crippen molar-refractivity contribution in [3.05, 3.63) is 148 Å². The molecule has 10 aromatic rings. The Balaban J connectivity index is 0.926. The minimum absolute atomic E-state index is 0.00389. The van der Waals surface area contributed by atoms with E-state index in [1.54, 1.807) is 0 Å². The van der Waals surface area contributed by atoms with Gasteiger partial charge in [-0.25, -0.2) is 0 Å². The van der Waals surface area contributed by atoms with E-state index in [0.717, 1.165) is 144 Å². The summed E-state index contributed by atoms with van der Waals surface area (Å²) < 4.78 is 48.8. The molecule has 8 aromatic carbocycles. The molecule has 0 radical (unpaired) electrons. The van der Waals surface area contributed by atoms with Crippen molar-refractivity contribution in [1.29, 1.82) is 0 Å². The van der Waals surface area contributed by atoms with Crippen LogP contribution in [0.2, 0.25) is 0 Å². The molecular formula is C75H71B3O6S2. The monoisotopic (exact) mass is 1160 g/mol. The summed E-state index contributed by atoms with van der Waals surface area (Å²) in [5.41, 5.74) is 18.3. The van der Waals surface area contributed by atoms with Crippen LogP contribution in [0.4, 0.5) is 0 Å². The Labute approximate surface area is 515 Å². The molecule has 16 rings (SSSR count). The highest BCUT2D eigenvalue weighted by molar-refractivity contribution is 7.33. The molecule has 0 saturated heterocycles. The number of thiophene rings is 2. The van der Waals surface area contributed by atoms with Crippen molar-refractivity contribution in [2.45, 2.75) is 151 Å². The van der Waals surface area contributed by atoms with Crippen LogP contribution in [0.15, 0.2) is 109 Å². The van der Waals surface area contributed by atoms with E-state index < -0.39 is 0 Å².